The highest BCUT2D eigenvalue weighted by Gasteiger charge is 2.55. The van der Waals surface area contributed by atoms with Crippen molar-refractivity contribution in [2.24, 2.45) is 23.2 Å². The van der Waals surface area contributed by atoms with E-state index >= 15 is 0 Å². The molecule has 3 rings (SSSR count). The molecule has 190 valence electrons. The summed E-state index contributed by atoms with van der Waals surface area (Å²) in [5.74, 6) is -1.51. The smallest absolute Gasteiger partial charge is 0.308 e. The molecule has 0 bridgehead atoms. The minimum atomic E-state index is -0.973. The lowest BCUT2D eigenvalue weighted by Gasteiger charge is -2.46. The summed E-state index contributed by atoms with van der Waals surface area (Å²) in [5, 5.41) is 0. The summed E-state index contributed by atoms with van der Waals surface area (Å²) in [6, 6.07) is -0.677. The van der Waals surface area contributed by atoms with Crippen LogP contribution in [0.4, 0.5) is 0 Å². The lowest BCUT2D eigenvalue weighted by molar-refractivity contribution is -0.173. The number of fused-ring (bicyclic) bond motifs is 1. The molecule has 2 heterocycles. The molecule has 0 aromatic heterocycles. The molecule has 4 unspecified atom stereocenters. The first-order chi connectivity index (χ1) is 15.9. The maximum Gasteiger partial charge on any atom is 0.308 e. The van der Waals surface area contributed by atoms with E-state index in [-0.39, 0.29) is 47.9 Å². The van der Waals surface area contributed by atoms with Crippen LogP contribution in [0.5, 0.6) is 0 Å². The van der Waals surface area contributed by atoms with E-state index in [1.54, 1.807) is 23.6 Å². The zero-order valence-corrected chi connectivity index (χ0v) is 22.0. The van der Waals surface area contributed by atoms with E-state index in [1.165, 1.54) is 0 Å². The zero-order chi connectivity index (χ0) is 25.4. The Balaban J connectivity index is 1.88. The van der Waals surface area contributed by atoms with Gasteiger partial charge in [0.1, 0.15) is 20.7 Å². The Morgan fingerprint density at radius 2 is 1.71 bits per heavy atom. The molecule has 8 nitrogen and oxygen atoms in total. The molecule has 0 N–H and O–H groups in total. The third kappa shape index (κ3) is 5.15. The standard InChI is InChI=1S/C25H42BN3O5/c1-8-27-20(30)19(21(31)28(9-2)24(27)26)22-29(12-13-33-23(32)15(3)4)17-11-10-16(25(5,6)7)14-18(17)34-22/h15-19,22,24H,8-14H2,1-7H3. The van der Waals surface area contributed by atoms with Gasteiger partial charge in [-0.15, -0.1) is 0 Å². The van der Waals surface area contributed by atoms with Gasteiger partial charge in [-0.1, -0.05) is 34.6 Å². The molecule has 2 saturated heterocycles. The van der Waals surface area contributed by atoms with Crippen molar-refractivity contribution in [3.63, 3.8) is 0 Å². The number of amides is 2. The Labute approximate surface area is 206 Å². The third-order valence-corrected chi connectivity index (χ3v) is 7.82. The fourth-order valence-corrected chi connectivity index (χ4v) is 5.67. The normalized spacial score (nSPS) is 32.9. The van der Waals surface area contributed by atoms with Crippen molar-refractivity contribution >= 4 is 25.6 Å². The van der Waals surface area contributed by atoms with Crippen LogP contribution in [-0.4, -0.2) is 91.0 Å². The van der Waals surface area contributed by atoms with E-state index in [4.69, 9.17) is 17.3 Å². The second-order valence-electron chi connectivity index (χ2n) is 11.2. The summed E-state index contributed by atoms with van der Waals surface area (Å²) in [6.07, 6.45) is 2.11. The second-order valence-corrected chi connectivity index (χ2v) is 11.2. The fraction of sp³-hybridized carbons (Fsp3) is 0.880. The van der Waals surface area contributed by atoms with E-state index in [0.29, 0.717) is 25.6 Å². The lowest BCUT2D eigenvalue weighted by Crippen LogP contribution is -2.66. The van der Waals surface area contributed by atoms with Crippen molar-refractivity contribution < 1.29 is 23.9 Å². The van der Waals surface area contributed by atoms with Crippen molar-refractivity contribution in [2.75, 3.05) is 26.2 Å². The summed E-state index contributed by atoms with van der Waals surface area (Å²) in [4.78, 5) is 44.2. The molecule has 1 aliphatic carbocycles. The first-order valence-electron chi connectivity index (χ1n) is 12.9. The highest BCUT2D eigenvalue weighted by molar-refractivity contribution is 6.17. The van der Waals surface area contributed by atoms with Crippen LogP contribution >= 0.6 is 0 Å². The maximum absolute atomic E-state index is 13.5. The maximum atomic E-state index is 13.5. The SMILES string of the molecule is [B]C1N(CC)C(=O)C(C2OC3CC(C(C)(C)C)CCC3N2CCOC(=O)C(C)C)C(=O)N1CC. The van der Waals surface area contributed by atoms with Crippen molar-refractivity contribution in [1.82, 2.24) is 14.7 Å². The van der Waals surface area contributed by atoms with Crippen LogP contribution in [0.1, 0.15) is 67.7 Å². The molecule has 2 aliphatic heterocycles. The van der Waals surface area contributed by atoms with Crippen molar-refractivity contribution in [3.05, 3.63) is 0 Å². The molecule has 9 heteroatoms. The van der Waals surface area contributed by atoms with Gasteiger partial charge in [-0.25, -0.2) is 0 Å². The van der Waals surface area contributed by atoms with Gasteiger partial charge < -0.3 is 19.3 Å². The minimum absolute atomic E-state index is 0.0647. The highest BCUT2D eigenvalue weighted by Crippen LogP contribution is 2.45. The molecule has 2 amide bonds. The number of ether oxygens (including phenoxy) is 2. The molecule has 0 spiro atoms. The van der Waals surface area contributed by atoms with E-state index in [9.17, 15) is 14.4 Å². The molecule has 1 saturated carbocycles. The number of carbonyl (C=O) groups excluding carboxylic acids is 3. The van der Waals surface area contributed by atoms with E-state index in [2.05, 4.69) is 25.7 Å². The van der Waals surface area contributed by atoms with Crippen LogP contribution in [-0.2, 0) is 23.9 Å². The molecule has 0 aromatic rings. The number of esters is 1. The summed E-state index contributed by atoms with van der Waals surface area (Å²) in [6.45, 7) is 15.5. The Bertz CT molecular complexity index is 746. The number of hydrogen-bond acceptors (Lipinski definition) is 6. The van der Waals surface area contributed by atoms with Crippen LogP contribution < -0.4 is 0 Å². The van der Waals surface area contributed by atoms with Crippen LogP contribution in [0.3, 0.4) is 0 Å². The highest BCUT2D eigenvalue weighted by atomic mass is 16.5. The summed E-state index contributed by atoms with van der Waals surface area (Å²) >= 11 is 0. The fourth-order valence-electron chi connectivity index (χ4n) is 5.67. The van der Waals surface area contributed by atoms with Gasteiger partial charge in [0.05, 0.1) is 18.1 Å². The molecular formula is C25H42BN3O5. The molecule has 3 fully saturated rings. The van der Waals surface area contributed by atoms with E-state index < -0.39 is 18.2 Å². The van der Waals surface area contributed by atoms with Gasteiger partial charge in [0, 0.05) is 25.7 Å². The molecule has 0 aromatic carbocycles. The van der Waals surface area contributed by atoms with Crippen LogP contribution in [0.25, 0.3) is 0 Å². The van der Waals surface area contributed by atoms with Gasteiger partial charge >= 0.3 is 5.97 Å². The van der Waals surface area contributed by atoms with Crippen molar-refractivity contribution in [3.8, 4) is 0 Å². The van der Waals surface area contributed by atoms with Gasteiger partial charge in [-0.05, 0) is 44.4 Å². The third-order valence-electron chi connectivity index (χ3n) is 7.82. The van der Waals surface area contributed by atoms with Gasteiger partial charge in [0.15, 0.2) is 5.92 Å². The van der Waals surface area contributed by atoms with Gasteiger partial charge in [-0.2, -0.15) is 0 Å². The average Bonchev–Trinajstić information content (AvgIpc) is 3.11. The first kappa shape index (κ1) is 27.0. The number of hydrogen-bond donors (Lipinski definition) is 0. The first-order valence-corrected chi connectivity index (χ1v) is 12.9. The quantitative estimate of drug-likeness (QED) is 0.319. The van der Waals surface area contributed by atoms with E-state index in [0.717, 1.165) is 19.3 Å². The van der Waals surface area contributed by atoms with Gasteiger partial charge in [0.25, 0.3) is 0 Å². The molecule has 2 radical (unpaired) electrons. The topological polar surface area (TPSA) is 79.4 Å². The minimum Gasteiger partial charge on any atom is -0.464 e. The van der Waals surface area contributed by atoms with Crippen LogP contribution in [0.15, 0.2) is 0 Å². The monoisotopic (exact) mass is 475 g/mol. The lowest BCUT2D eigenvalue weighted by atomic mass is 9.70. The summed E-state index contributed by atoms with van der Waals surface area (Å²) < 4.78 is 12.0. The Morgan fingerprint density at radius 3 is 2.21 bits per heavy atom. The summed E-state index contributed by atoms with van der Waals surface area (Å²) in [5.41, 5.74) is 0.158. The van der Waals surface area contributed by atoms with E-state index in [1.807, 2.05) is 13.8 Å². The molecule has 4 atom stereocenters. The Kier molecular flexibility index (Phi) is 8.39. The molecular weight excluding hydrogens is 433 g/mol. The number of nitrogens with zero attached hydrogens (tertiary/aromatic N) is 3. The van der Waals surface area contributed by atoms with Crippen LogP contribution in [0.2, 0.25) is 0 Å². The Hall–Kier alpha value is -1.61. The second kappa shape index (κ2) is 10.6. The predicted molar refractivity (Wildman–Crippen MR) is 130 cm³/mol. The average molecular weight is 475 g/mol. The van der Waals surface area contributed by atoms with Gasteiger partial charge in [-0.3, -0.25) is 19.3 Å². The molecule has 3 aliphatic rings. The largest absolute Gasteiger partial charge is 0.464 e. The number of rotatable bonds is 7. The predicted octanol–water partition coefficient (Wildman–Crippen LogP) is 2.21. The van der Waals surface area contributed by atoms with Crippen molar-refractivity contribution in [2.45, 2.75) is 92.2 Å². The zero-order valence-electron chi connectivity index (χ0n) is 22.0. The number of carbonyl (C=O) groups is 3. The Morgan fingerprint density at radius 1 is 1.12 bits per heavy atom. The van der Waals surface area contributed by atoms with Gasteiger partial charge in [0.2, 0.25) is 11.8 Å². The molecule has 34 heavy (non-hydrogen) atoms. The van der Waals surface area contributed by atoms with Crippen LogP contribution in [0, 0.1) is 23.2 Å². The summed E-state index contributed by atoms with van der Waals surface area (Å²) in [7, 11) is 6.24. The van der Waals surface area contributed by atoms with Crippen molar-refractivity contribution in [1.29, 1.82) is 0 Å².